The van der Waals surface area contributed by atoms with Crippen molar-refractivity contribution in [2.24, 2.45) is 7.05 Å². The second-order valence-electron chi connectivity index (χ2n) is 4.20. The van der Waals surface area contributed by atoms with Gasteiger partial charge >= 0.3 is 0 Å². The number of nitrogens with one attached hydrogen (secondary N) is 1. The van der Waals surface area contributed by atoms with Gasteiger partial charge in [-0.05, 0) is 48.5 Å². The average molecular weight is 262 g/mol. The fraction of sp³-hybridized carbons (Fsp3) is 0.385. The molecule has 0 aliphatic carbocycles. The van der Waals surface area contributed by atoms with Crippen LogP contribution in [0.25, 0.3) is 0 Å². The number of nitrogens with zero attached hydrogens (tertiary/aromatic N) is 3. The van der Waals surface area contributed by atoms with Crippen LogP contribution in [0.15, 0.2) is 34.6 Å². The predicted octanol–water partition coefficient (Wildman–Crippen LogP) is 2.38. The molecule has 2 aromatic rings. The molecule has 0 saturated carbocycles. The van der Waals surface area contributed by atoms with Crippen molar-refractivity contribution in [3.63, 3.8) is 0 Å². The molecule has 0 bridgehead atoms. The molecule has 0 aliphatic heterocycles. The summed E-state index contributed by atoms with van der Waals surface area (Å²) in [5.74, 6) is 0. The minimum Gasteiger partial charge on any atom is -0.313 e. The number of rotatable bonds is 5. The van der Waals surface area contributed by atoms with E-state index in [0.29, 0.717) is 0 Å². The Bertz CT molecular complexity index is 521. The van der Waals surface area contributed by atoms with E-state index in [0.717, 1.165) is 18.2 Å². The lowest BCUT2D eigenvalue weighted by molar-refractivity contribution is 0.723. The zero-order valence-corrected chi connectivity index (χ0v) is 11.8. The van der Waals surface area contributed by atoms with Crippen molar-refractivity contribution in [1.82, 2.24) is 20.1 Å². The van der Waals surface area contributed by atoms with Crippen molar-refractivity contribution in [3.8, 4) is 0 Å². The van der Waals surface area contributed by atoms with Crippen molar-refractivity contribution in [3.05, 3.63) is 35.7 Å². The van der Waals surface area contributed by atoms with E-state index in [1.54, 1.807) is 18.1 Å². The molecule has 0 unspecified atom stereocenters. The molecule has 0 atom stereocenters. The molecule has 0 spiro atoms. The highest BCUT2D eigenvalue weighted by molar-refractivity contribution is 7.99. The van der Waals surface area contributed by atoms with Crippen molar-refractivity contribution in [2.45, 2.75) is 30.4 Å². The average Bonchev–Trinajstić information content (AvgIpc) is 2.74. The summed E-state index contributed by atoms with van der Waals surface area (Å²) in [5, 5.41) is 12.2. The van der Waals surface area contributed by atoms with Gasteiger partial charge in [-0.1, -0.05) is 13.0 Å². The Morgan fingerprint density at radius 3 is 2.83 bits per heavy atom. The molecule has 0 aliphatic rings. The number of benzene rings is 1. The third-order valence-corrected chi connectivity index (χ3v) is 3.80. The van der Waals surface area contributed by atoms with Gasteiger partial charge in [0, 0.05) is 18.5 Å². The molecule has 1 heterocycles. The lowest BCUT2D eigenvalue weighted by Crippen LogP contribution is -2.12. The first-order chi connectivity index (χ1) is 8.70. The third kappa shape index (κ3) is 3.11. The van der Waals surface area contributed by atoms with Gasteiger partial charge in [0.25, 0.3) is 0 Å². The van der Waals surface area contributed by atoms with Crippen LogP contribution in [0.4, 0.5) is 0 Å². The molecule has 0 saturated heterocycles. The first kappa shape index (κ1) is 13.1. The van der Waals surface area contributed by atoms with Crippen LogP contribution in [0.3, 0.4) is 0 Å². The molecule has 1 N–H and O–H groups in total. The summed E-state index contributed by atoms with van der Waals surface area (Å²) < 4.78 is 1.92. The summed E-state index contributed by atoms with van der Waals surface area (Å²) in [6, 6.07) is 6.52. The Kier molecular flexibility index (Phi) is 4.38. The molecule has 0 fully saturated rings. The van der Waals surface area contributed by atoms with Gasteiger partial charge in [0.2, 0.25) is 0 Å². The van der Waals surface area contributed by atoms with Crippen molar-refractivity contribution < 1.29 is 0 Å². The van der Waals surface area contributed by atoms with Crippen LogP contribution >= 0.6 is 11.8 Å². The van der Waals surface area contributed by atoms with E-state index < -0.39 is 0 Å². The first-order valence-corrected chi connectivity index (χ1v) is 6.84. The quantitative estimate of drug-likeness (QED) is 0.898. The van der Waals surface area contributed by atoms with E-state index in [2.05, 4.69) is 47.6 Å². The summed E-state index contributed by atoms with van der Waals surface area (Å²) >= 11 is 1.64. The van der Waals surface area contributed by atoms with Gasteiger partial charge in [-0.15, -0.1) is 10.2 Å². The molecule has 1 aromatic heterocycles. The zero-order valence-electron chi connectivity index (χ0n) is 11.0. The van der Waals surface area contributed by atoms with E-state index in [9.17, 15) is 0 Å². The highest BCUT2D eigenvalue weighted by atomic mass is 32.2. The number of aryl methyl sites for hydroxylation is 2. The molecule has 0 amide bonds. The van der Waals surface area contributed by atoms with Gasteiger partial charge in [0.1, 0.15) is 6.33 Å². The Labute approximate surface area is 112 Å². The maximum atomic E-state index is 4.08. The topological polar surface area (TPSA) is 42.7 Å². The molecular weight excluding hydrogens is 244 g/mol. The van der Waals surface area contributed by atoms with Crippen LogP contribution in [-0.2, 0) is 13.6 Å². The van der Waals surface area contributed by atoms with E-state index in [1.807, 2.05) is 11.6 Å². The van der Waals surface area contributed by atoms with Crippen molar-refractivity contribution >= 4 is 11.8 Å². The third-order valence-electron chi connectivity index (χ3n) is 2.76. The van der Waals surface area contributed by atoms with E-state index in [1.165, 1.54) is 16.0 Å². The molecule has 1 aromatic carbocycles. The fourth-order valence-corrected chi connectivity index (χ4v) is 2.52. The Morgan fingerprint density at radius 1 is 1.39 bits per heavy atom. The Hall–Kier alpha value is -1.33. The van der Waals surface area contributed by atoms with E-state index in [4.69, 9.17) is 0 Å². The Morgan fingerprint density at radius 2 is 2.22 bits per heavy atom. The highest BCUT2D eigenvalue weighted by Crippen LogP contribution is 2.26. The van der Waals surface area contributed by atoms with Crippen LogP contribution in [0.5, 0.6) is 0 Å². The number of hydrogen-bond acceptors (Lipinski definition) is 4. The van der Waals surface area contributed by atoms with Gasteiger partial charge < -0.3 is 9.88 Å². The number of aromatic nitrogens is 3. The van der Waals surface area contributed by atoms with Crippen LogP contribution < -0.4 is 5.32 Å². The summed E-state index contributed by atoms with van der Waals surface area (Å²) in [6.07, 6.45) is 1.72. The monoisotopic (exact) mass is 262 g/mol. The van der Waals surface area contributed by atoms with Crippen LogP contribution in [0, 0.1) is 6.92 Å². The maximum Gasteiger partial charge on any atom is 0.195 e. The molecule has 0 radical (unpaired) electrons. The van der Waals surface area contributed by atoms with Gasteiger partial charge in [0.15, 0.2) is 5.16 Å². The number of hydrogen-bond donors (Lipinski definition) is 1. The van der Waals surface area contributed by atoms with Crippen molar-refractivity contribution in [1.29, 1.82) is 0 Å². The molecule has 4 nitrogen and oxygen atoms in total. The van der Waals surface area contributed by atoms with Crippen LogP contribution in [0.1, 0.15) is 18.1 Å². The minimum absolute atomic E-state index is 0.911. The van der Waals surface area contributed by atoms with Gasteiger partial charge in [0.05, 0.1) is 0 Å². The van der Waals surface area contributed by atoms with Gasteiger partial charge in [-0.3, -0.25) is 0 Å². The fourth-order valence-electron chi connectivity index (χ4n) is 1.66. The van der Waals surface area contributed by atoms with Gasteiger partial charge in [-0.25, -0.2) is 0 Å². The van der Waals surface area contributed by atoms with E-state index in [-0.39, 0.29) is 0 Å². The molecule has 5 heteroatoms. The standard InChI is InChI=1S/C13H18N4S/c1-4-14-8-11-5-6-12(7-10(11)2)18-13-16-15-9-17(13)3/h5-7,9,14H,4,8H2,1-3H3. The first-order valence-electron chi connectivity index (χ1n) is 6.02. The summed E-state index contributed by atoms with van der Waals surface area (Å²) in [6.45, 7) is 6.19. The lowest BCUT2D eigenvalue weighted by atomic mass is 10.1. The largest absolute Gasteiger partial charge is 0.313 e. The SMILES string of the molecule is CCNCc1ccc(Sc2nncn2C)cc1C. The molecule has 2 rings (SSSR count). The second kappa shape index (κ2) is 6.02. The second-order valence-corrected chi connectivity index (χ2v) is 5.24. The summed E-state index contributed by atoms with van der Waals surface area (Å²) in [4.78, 5) is 1.20. The minimum atomic E-state index is 0.911. The summed E-state index contributed by atoms with van der Waals surface area (Å²) in [5.41, 5.74) is 2.65. The van der Waals surface area contributed by atoms with Gasteiger partial charge in [-0.2, -0.15) is 0 Å². The van der Waals surface area contributed by atoms with Crippen LogP contribution in [-0.4, -0.2) is 21.3 Å². The normalized spacial score (nSPS) is 10.8. The van der Waals surface area contributed by atoms with Crippen LogP contribution in [0.2, 0.25) is 0 Å². The molecular formula is C13H18N4S. The predicted molar refractivity (Wildman–Crippen MR) is 73.7 cm³/mol. The lowest BCUT2D eigenvalue weighted by Gasteiger charge is -2.08. The van der Waals surface area contributed by atoms with E-state index >= 15 is 0 Å². The van der Waals surface area contributed by atoms with Crippen molar-refractivity contribution in [2.75, 3.05) is 6.54 Å². The maximum absolute atomic E-state index is 4.08. The summed E-state index contributed by atoms with van der Waals surface area (Å²) in [7, 11) is 1.95. The zero-order chi connectivity index (χ0) is 13.0. The smallest absolute Gasteiger partial charge is 0.195 e. The highest BCUT2D eigenvalue weighted by Gasteiger charge is 2.05. The molecule has 18 heavy (non-hydrogen) atoms. The Balaban J connectivity index is 2.11. The molecule has 96 valence electrons.